The SMILES string of the molecule is COc1cccc2oc(-c3cn4nc(C)sc4n3)cc12. The molecule has 0 N–H and O–H groups in total. The number of rotatable bonds is 2. The first kappa shape index (κ1) is 11.5. The lowest BCUT2D eigenvalue weighted by atomic mass is 10.2. The summed E-state index contributed by atoms with van der Waals surface area (Å²) in [5.41, 5.74) is 1.57. The first-order chi connectivity index (χ1) is 9.74. The standard InChI is InChI=1S/C14H11N3O2S/c1-8-16-17-7-10(15-14(17)20-8)13-6-9-11(18-2)4-3-5-12(9)19-13/h3-7H,1-2H3. The van der Waals surface area contributed by atoms with E-state index in [4.69, 9.17) is 9.15 Å². The Morgan fingerprint density at radius 2 is 2.25 bits per heavy atom. The summed E-state index contributed by atoms with van der Waals surface area (Å²) in [6, 6.07) is 7.69. The molecule has 0 radical (unpaired) electrons. The second-order valence-electron chi connectivity index (χ2n) is 4.46. The van der Waals surface area contributed by atoms with E-state index in [1.54, 1.807) is 23.0 Å². The van der Waals surface area contributed by atoms with Gasteiger partial charge in [0.1, 0.15) is 22.0 Å². The lowest BCUT2D eigenvalue weighted by Gasteiger charge is -1.98. The molecule has 0 unspecified atom stereocenters. The van der Waals surface area contributed by atoms with Crippen LogP contribution < -0.4 is 4.74 Å². The van der Waals surface area contributed by atoms with Crippen molar-refractivity contribution in [1.29, 1.82) is 0 Å². The lowest BCUT2D eigenvalue weighted by Crippen LogP contribution is -1.81. The van der Waals surface area contributed by atoms with Gasteiger partial charge in [0.2, 0.25) is 4.96 Å². The van der Waals surface area contributed by atoms with Crippen LogP contribution in [0.15, 0.2) is 34.9 Å². The number of imidazole rings is 1. The van der Waals surface area contributed by atoms with Crippen LogP contribution >= 0.6 is 11.3 Å². The third kappa shape index (κ3) is 1.61. The Morgan fingerprint density at radius 3 is 3.05 bits per heavy atom. The van der Waals surface area contributed by atoms with Crippen LogP contribution in [0.2, 0.25) is 0 Å². The van der Waals surface area contributed by atoms with Gasteiger partial charge in [0.25, 0.3) is 0 Å². The third-order valence-corrected chi connectivity index (χ3v) is 3.98. The Balaban J connectivity index is 1.90. The van der Waals surface area contributed by atoms with E-state index in [0.717, 1.165) is 38.1 Å². The number of aryl methyl sites for hydroxylation is 1. The minimum Gasteiger partial charge on any atom is -0.496 e. The van der Waals surface area contributed by atoms with Gasteiger partial charge in [-0.2, -0.15) is 5.10 Å². The number of benzene rings is 1. The van der Waals surface area contributed by atoms with Crippen LogP contribution in [0.1, 0.15) is 5.01 Å². The molecule has 0 aliphatic heterocycles. The van der Waals surface area contributed by atoms with Gasteiger partial charge in [-0.3, -0.25) is 0 Å². The van der Waals surface area contributed by atoms with Crippen LogP contribution in [0.25, 0.3) is 27.4 Å². The molecule has 0 saturated carbocycles. The van der Waals surface area contributed by atoms with Crippen molar-refractivity contribution in [2.24, 2.45) is 0 Å². The summed E-state index contributed by atoms with van der Waals surface area (Å²) in [5.74, 6) is 1.52. The fourth-order valence-corrected chi connectivity index (χ4v) is 2.98. The molecule has 0 aliphatic rings. The minimum absolute atomic E-state index is 0.722. The summed E-state index contributed by atoms with van der Waals surface area (Å²) in [7, 11) is 1.65. The second-order valence-corrected chi connectivity index (χ2v) is 5.62. The summed E-state index contributed by atoms with van der Waals surface area (Å²) in [5, 5.41) is 6.29. The summed E-state index contributed by atoms with van der Waals surface area (Å²) in [4.78, 5) is 5.40. The first-order valence-electron chi connectivity index (χ1n) is 6.14. The molecule has 100 valence electrons. The fraction of sp³-hybridized carbons (Fsp3) is 0.143. The van der Waals surface area contributed by atoms with E-state index in [1.165, 1.54) is 0 Å². The molecule has 20 heavy (non-hydrogen) atoms. The van der Waals surface area contributed by atoms with Crippen molar-refractivity contribution >= 4 is 27.3 Å². The van der Waals surface area contributed by atoms with Gasteiger partial charge in [0.05, 0.1) is 18.7 Å². The normalized spacial score (nSPS) is 11.5. The molecule has 5 nitrogen and oxygen atoms in total. The molecule has 0 bridgehead atoms. The largest absolute Gasteiger partial charge is 0.496 e. The Kier molecular flexibility index (Phi) is 2.34. The van der Waals surface area contributed by atoms with Crippen LogP contribution in [0, 0.1) is 6.92 Å². The molecule has 1 aromatic carbocycles. The van der Waals surface area contributed by atoms with E-state index in [1.807, 2.05) is 37.4 Å². The van der Waals surface area contributed by atoms with Gasteiger partial charge < -0.3 is 9.15 Å². The van der Waals surface area contributed by atoms with Gasteiger partial charge in [0, 0.05) is 0 Å². The Morgan fingerprint density at radius 1 is 1.35 bits per heavy atom. The zero-order valence-corrected chi connectivity index (χ0v) is 11.8. The lowest BCUT2D eigenvalue weighted by molar-refractivity contribution is 0.419. The van der Waals surface area contributed by atoms with Gasteiger partial charge in [-0.25, -0.2) is 9.50 Å². The Hall–Kier alpha value is -2.34. The minimum atomic E-state index is 0.722. The monoisotopic (exact) mass is 285 g/mol. The highest BCUT2D eigenvalue weighted by atomic mass is 32.1. The number of ether oxygens (including phenoxy) is 1. The van der Waals surface area contributed by atoms with Gasteiger partial charge >= 0.3 is 0 Å². The van der Waals surface area contributed by atoms with Gasteiger partial charge in [-0.1, -0.05) is 17.4 Å². The molecule has 4 rings (SSSR count). The average Bonchev–Trinajstić information content (AvgIpc) is 3.08. The highest BCUT2D eigenvalue weighted by Crippen LogP contribution is 2.33. The van der Waals surface area contributed by atoms with Crippen molar-refractivity contribution in [3.05, 3.63) is 35.5 Å². The number of fused-ring (bicyclic) bond motifs is 2. The predicted molar refractivity (Wildman–Crippen MR) is 77.4 cm³/mol. The fourth-order valence-electron chi connectivity index (χ4n) is 2.26. The molecule has 4 aromatic rings. The third-order valence-electron chi connectivity index (χ3n) is 3.14. The van der Waals surface area contributed by atoms with Crippen molar-refractivity contribution in [1.82, 2.24) is 14.6 Å². The van der Waals surface area contributed by atoms with Crippen LogP contribution in [-0.2, 0) is 0 Å². The highest BCUT2D eigenvalue weighted by molar-refractivity contribution is 7.16. The maximum Gasteiger partial charge on any atom is 0.212 e. The highest BCUT2D eigenvalue weighted by Gasteiger charge is 2.14. The molecule has 0 fully saturated rings. The second kappa shape index (κ2) is 4.08. The van der Waals surface area contributed by atoms with Gasteiger partial charge in [0.15, 0.2) is 5.76 Å². The number of aromatic nitrogens is 3. The van der Waals surface area contributed by atoms with Crippen molar-refractivity contribution in [3.8, 4) is 17.2 Å². The maximum atomic E-state index is 5.85. The molecule has 3 aromatic heterocycles. The number of hydrogen-bond donors (Lipinski definition) is 0. The summed E-state index contributed by atoms with van der Waals surface area (Å²) < 4.78 is 13.0. The molecular formula is C14H11N3O2S. The molecular weight excluding hydrogens is 274 g/mol. The Labute approximate surface area is 118 Å². The van der Waals surface area contributed by atoms with Crippen molar-refractivity contribution in [3.63, 3.8) is 0 Å². The number of nitrogens with zero attached hydrogens (tertiary/aromatic N) is 3. The molecule has 0 atom stereocenters. The van der Waals surface area contributed by atoms with Crippen LogP contribution in [0.4, 0.5) is 0 Å². The van der Waals surface area contributed by atoms with Crippen molar-refractivity contribution in [2.45, 2.75) is 6.92 Å². The van der Waals surface area contributed by atoms with Crippen molar-refractivity contribution in [2.75, 3.05) is 7.11 Å². The topological polar surface area (TPSA) is 52.6 Å². The van der Waals surface area contributed by atoms with E-state index in [0.29, 0.717) is 0 Å². The van der Waals surface area contributed by atoms with Crippen LogP contribution in [-0.4, -0.2) is 21.7 Å². The van der Waals surface area contributed by atoms with E-state index in [2.05, 4.69) is 10.1 Å². The molecule has 0 amide bonds. The van der Waals surface area contributed by atoms with Crippen LogP contribution in [0.3, 0.4) is 0 Å². The first-order valence-corrected chi connectivity index (χ1v) is 6.96. The number of furan rings is 1. The molecule has 0 aliphatic carbocycles. The quantitative estimate of drug-likeness (QED) is 0.565. The summed E-state index contributed by atoms with van der Waals surface area (Å²) in [6.07, 6.45) is 1.88. The zero-order chi connectivity index (χ0) is 13.7. The number of methoxy groups -OCH3 is 1. The average molecular weight is 285 g/mol. The zero-order valence-electron chi connectivity index (χ0n) is 11.0. The predicted octanol–water partition coefficient (Wildman–Crippen LogP) is 3.52. The Bertz CT molecular complexity index is 888. The van der Waals surface area contributed by atoms with Gasteiger partial charge in [-0.15, -0.1) is 0 Å². The van der Waals surface area contributed by atoms with Crippen LogP contribution in [0.5, 0.6) is 5.75 Å². The van der Waals surface area contributed by atoms with Crippen molar-refractivity contribution < 1.29 is 9.15 Å². The van der Waals surface area contributed by atoms with E-state index in [9.17, 15) is 0 Å². The van der Waals surface area contributed by atoms with E-state index in [-0.39, 0.29) is 0 Å². The van der Waals surface area contributed by atoms with E-state index >= 15 is 0 Å². The smallest absolute Gasteiger partial charge is 0.212 e. The molecule has 6 heteroatoms. The summed E-state index contributed by atoms with van der Waals surface area (Å²) >= 11 is 1.56. The number of hydrogen-bond acceptors (Lipinski definition) is 5. The molecule has 0 spiro atoms. The summed E-state index contributed by atoms with van der Waals surface area (Å²) in [6.45, 7) is 1.96. The van der Waals surface area contributed by atoms with E-state index < -0.39 is 0 Å². The maximum absolute atomic E-state index is 5.85. The van der Waals surface area contributed by atoms with Gasteiger partial charge in [-0.05, 0) is 25.1 Å². The molecule has 3 heterocycles. The molecule has 0 saturated heterocycles.